The second kappa shape index (κ2) is 8.68. The van der Waals surface area contributed by atoms with Gasteiger partial charge in [0.25, 0.3) is 0 Å². The molecule has 0 radical (unpaired) electrons. The monoisotopic (exact) mass is 357 g/mol. The molecule has 1 aromatic carbocycles. The number of nitrogens with one attached hydrogen (secondary N) is 1. The van der Waals surface area contributed by atoms with Gasteiger partial charge in [0.05, 0.1) is 0 Å². The summed E-state index contributed by atoms with van der Waals surface area (Å²) in [5, 5.41) is 29.0. The first kappa shape index (κ1) is 20.7. The zero-order valence-corrected chi connectivity index (χ0v) is 14.2. The Morgan fingerprint density at radius 2 is 1.92 bits per heavy atom. The molecule has 1 unspecified atom stereocenters. The molecule has 1 amide bonds. The normalized spacial score (nSPS) is 12.2. The first-order valence-electron chi connectivity index (χ1n) is 7.47. The second-order valence-corrected chi connectivity index (χ2v) is 6.33. The van der Waals surface area contributed by atoms with E-state index in [0.29, 0.717) is 0 Å². The molecule has 0 aliphatic carbocycles. The Kier molecular flexibility index (Phi) is 7.19. The summed E-state index contributed by atoms with van der Waals surface area (Å²) in [6.45, 7) is 4.43. The Bertz CT molecular complexity index is 618. The summed E-state index contributed by atoms with van der Waals surface area (Å²) in [6, 6.07) is 2.11. The van der Waals surface area contributed by atoms with Gasteiger partial charge in [-0.15, -0.1) is 0 Å². The van der Waals surface area contributed by atoms with Gasteiger partial charge in [-0.25, -0.2) is 14.0 Å². The molecule has 0 aliphatic rings. The van der Waals surface area contributed by atoms with Crippen molar-refractivity contribution < 1.29 is 38.6 Å². The number of alkyl carbamates (subject to hydrolysis) is 1. The molecule has 25 heavy (non-hydrogen) atoms. The summed E-state index contributed by atoms with van der Waals surface area (Å²) >= 11 is 0. The third-order valence-corrected chi connectivity index (χ3v) is 2.76. The fourth-order valence-corrected chi connectivity index (χ4v) is 1.88. The van der Waals surface area contributed by atoms with E-state index >= 15 is 0 Å². The molecule has 1 aromatic rings. The molecular weight excluding hydrogens is 336 g/mol. The van der Waals surface area contributed by atoms with Gasteiger partial charge < -0.3 is 29.9 Å². The number of hydrogen-bond donors (Lipinski definition) is 4. The zero-order valence-electron chi connectivity index (χ0n) is 14.2. The van der Waals surface area contributed by atoms with Crippen molar-refractivity contribution in [3.05, 3.63) is 29.6 Å². The highest BCUT2D eigenvalue weighted by Gasteiger charge is 2.24. The molecular formula is C15H21BFNO7. The molecule has 0 heterocycles. The molecule has 1 rings (SSSR count). The van der Waals surface area contributed by atoms with Crippen LogP contribution in [0.15, 0.2) is 18.2 Å². The highest BCUT2D eigenvalue weighted by Crippen LogP contribution is 2.18. The minimum atomic E-state index is -1.73. The number of carbonyl (C=O) groups is 2. The van der Waals surface area contributed by atoms with Gasteiger partial charge in [-0.1, -0.05) is 0 Å². The molecule has 0 spiro atoms. The minimum Gasteiger partial charge on any atom is -0.496 e. The van der Waals surface area contributed by atoms with Crippen molar-refractivity contribution in [1.82, 2.24) is 5.32 Å². The quantitative estimate of drug-likeness (QED) is 0.530. The maximum atomic E-state index is 13.6. The van der Waals surface area contributed by atoms with Gasteiger partial charge in [-0.3, -0.25) is 0 Å². The van der Waals surface area contributed by atoms with Crippen LogP contribution in [0.1, 0.15) is 26.3 Å². The summed E-state index contributed by atoms with van der Waals surface area (Å²) in [5.41, 5.74) is -0.552. The van der Waals surface area contributed by atoms with E-state index < -0.39 is 43.1 Å². The number of aliphatic carboxylic acids is 1. The van der Waals surface area contributed by atoms with Crippen LogP contribution >= 0.6 is 0 Å². The van der Waals surface area contributed by atoms with Gasteiger partial charge in [-0.05, 0) is 38.5 Å². The van der Waals surface area contributed by atoms with E-state index in [9.17, 15) is 19.1 Å². The van der Waals surface area contributed by atoms with Crippen LogP contribution in [0, 0.1) is 5.82 Å². The second-order valence-electron chi connectivity index (χ2n) is 6.33. The molecule has 0 aliphatic heterocycles. The summed E-state index contributed by atoms with van der Waals surface area (Å²) < 4.78 is 23.6. The Labute approximate surface area is 144 Å². The number of hydrogen-bond acceptors (Lipinski definition) is 6. The summed E-state index contributed by atoms with van der Waals surface area (Å²) in [4.78, 5) is 23.1. The van der Waals surface area contributed by atoms with Crippen LogP contribution in [-0.2, 0) is 16.0 Å². The van der Waals surface area contributed by atoms with Crippen molar-refractivity contribution >= 4 is 19.2 Å². The predicted molar refractivity (Wildman–Crippen MR) is 86.6 cm³/mol. The molecule has 10 heteroatoms. The summed E-state index contributed by atoms with van der Waals surface area (Å²) in [7, 11) is -1.73. The maximum Gasteiger partial charge on any atom is 0.491 e. The molecule has 0 aromatic heterocycles. The number of rotatable bonds is 7. The molecule has 0 saturated carbocycles. The zero-order chi connectivity index (χ0) is 19.2. The molecule has 4 N–H and O–H groups in total. The number of carboxylic acids is 1. The fraction of sp³-hybridized carbons (Fsp3) is 0.467. The lowest BCUT2D eigenvalue weighted by Crippen LogP contribution is -2.44. The summed E-state index contributed by atoms with van der Waals surface area (Å²) in [6.07, 6.45) is -1.12. The van der Waals surface area contributed by atoms with Crippen molar-refractivity contribution in [2.45, 2.75) is 38.8 Å². The number of halogens is 1. The third kappa shape index (κ3) is 8.36. The van der Waals surface area contributed by atoms with Gasteiger partial charge in [0.15, 0.2) is 0 Å². The molecule has 138 valence electrons. The van der Waals surface area contributed by atoms with Gasteiger partial charge in [0.2, 0.25) is 0 Å². The summed E-state index contributed by atoms with van der Waals surface area (Å²) in [5.74, 6) is -2.01. The molecule has 8 nitrogen and oxygen atoms in total. The van der Waals surface area contributed by atoms with Gasteiger partial charge in [-0.2, -0.15) is 0 Å². The third-order valence-electron chi connectivity index (χ3n) is 2.76. The first-order valence-corrected chi connectivity index (χ1v) is 7.47. The Balaban J connectivity index is 2.84. The van der Waals surface area contributed by atoms with Gasteiger partial charge in [0, 0.05) is 12.5 Å². The lowest BCUT2D eigenvalue weighted by Gasteiger charge is -2.22. The van der Waals surface area contributed by atoms with Gasteiger partial charge >= 0.3 is 19.2 Å². The molecule has 1 atom stereocenters. The van der Waals surface area contributed by atoms with E-state index in [1.165, 1.54) is 6.07 Å². The lowest BCUT2D eigenvalue weighted by atomic mass is 9.95. The molecule has 0 fully saturated rings. The average Bonchev–Trinajstić information content (AvgIpc) is 2.41. The standard InChI is InChI=1S/C15H21BFNO7/c1-15(2,3)25-14(21)18-12(13(19)20)6-9-4-10(17)7-11(5-9)24-8-16(22)23/h4-5,7,12,22-23H,6,8H2,1-3H3,(H,18,21)(H,19,20). The van der Waals surface area contributed by atoms with E-state index in [-0.39, 0.29) is 17.7 Å². The highest BCUT2D eigenvalue weighted by molar-refractivity contribution is 6.40. The van der Waals surface area contributed by atoms with E-state index in [2.05, 4.69) is 5.32 Å². The smallest absolute Gasteiger partial charge is 0.491 e. The Morgan fingerprint density at radius 3 is 2.44 bits per heavy atom. The molecule has 0 bridgehead atoms. The van der Waals surface area contributed by atoms with Crippen molar-refractivity contribution in [3.63, 3.8) is 0 Å². The van der Waals surface area contributed by atoms with Crippen LogP contribution in [0.4, 0.5) is 9.18 Å². The fourth-order valence-electron chi connectivity index (χ4n) is 1.88. The Hall–Kier alpha value is -2.33. The van der Waals surface area contributed by atoms with Crippen LogP contribution in [0.5, 0.6) is 5.75 Å². The van der Waals surface area contributed by atoms with Crippen molar-refractivity contribution in [2.24, 2.45) is 0 Å². The molecule has 0 saturated heterocycles. The van der Waals surface area contributed by atoms with E-state index in [1.54, 1.807) is 20.8 Å². The lowest BCUT2D eigenvalue weighted by molar-refractivity contribution is -0.139. The number of benzene rings is 1. The van der Waals surface area contributed by atoms with Crippen LogP contribution in [0.3, 0.4) is 0 Å². The number of carbonyl (C=O) groups excluding carboxylic acids is 1. The SMILES string of the molecule is CC(C)(C)OC(=O)NC(Cc1cc(F)cc(OCB(O)O)c1)C(=O)O. The first-order chi connectivity index (χ1) is 11.5. The van der Waals surface area contributed by atoms with Crippen LogP contribution in [0.2, 0.25) is 0 Å². The van der Waals surface area contributed by atoms with Crippen molar-refractivity contribution in [3.8, 4) is 5.75 Å². The highest BCUT2D eigenvalue weighted by atomic mass is 19.1. The topological polar surface area (TPSA) is 125 Å². The average molecular weight is 357 g/mol. The van der Waals surface area contributed by atoms with Crippen LogP contribution in [-0.4, -0.2) is 52.5 Å². The van der Waals surface area contributed by atoms with E-state index in [0.717, 1.165) is 12.1 Å². The van der Waals surface area contributed by atoms with E-state index in [1.807, 2.05) is 0 Å². The van der Waals surface area contributed by atoms with Crippen molar-refractivity contribution in [2.75, 3.05) is 6.51 Å². The number of amides is 1. The van der Waals surface area contributed by atoms with Crippen molar-refractivity contribution in [1.29, 1.82) is 0 Å². The van der Waals surface area contributed by atoms with Crippen LogP contribution in [0.25, 0.3) is 0 Å². The maximum absolute atomic E-state index is 13.6. The minimum absolute atomic E-state index is 0.00417. The number of ether oxygens (including phenoxy) is 2. The van der Waals surface area contributed by atoms with Gasteiger partial charge in [0.1, 0.15) is 29.7 Å². The Morgan fingerprint density at radius 1 is 1.28 bits per heavy atom. The van der Waals surface area contributed by atoms with Crippen LogP contribution < -0.4 is 10.1 Å². The van der Waals surface area contributed by atoms with E-state index in [4.69, 9.17) is 19.5 Å². The predicted octanol–water partition coefficient (Wildman–Crippen LogP) is 0.737. The number of carboxylic acid groups (broad SMARTS) is 1. The largest absolute Gasteiger partial charge is 0.496 e.